The van der Waals surface area contributed by atoms with E-state index >= 15 is 0 Å². The van der Waals surface area contributed by atoms with Crippen LogP contribution in [0.1, 0.15) is 41.7 Å². The molecule has 2 aromatic heterocycles. The van der Waals surface area contributed by atoms with Crippen LogP contribution < -0.4 is 16.3 Å². The van der Waals surface area contributed by atoms with Crippen LogP contribution in [0.5, 0.6) is 0 Å². The summed E-state index contributed by atoms with van der Waals surface area (Å²) in [5, 5.41) is 7.33. The average Bonchev–Trinajstić information content (AvgIpc) is 3.18. The first-order valence-electron chi connectivity index (χ1n) is 11.7. The van der Waals surface area contributed by atoms with Gasteiger partial charge in [-0.15, -0.1) is 0 Å². The Morgan fingerprint density at radius 2 is 1.69 bits per heavy atom. The van der Waals surface area contributed by atoms with Gasteiger partial charge in [-0.25, -0.2) is 4.79 Å². The van der Waals surface area contributed by atoms with Crippen molar-refractivity contribution in [2.24, 2.45) is 0 Å². The molecule has 0 bridgehead atoms. The average molecular weight is 475 g/mol. The van der Waals surface area contributed by atoms with Crippen molar-refractivity contribution >= 4 is 33.8 Å². The van der Waals surface area contributed by atoms with Crippen LogP contribution in [0.25, 0.3) is 21.9 Å². The minimum atomic E-state index is -0.776. The summed E-state index contributed by atoms with van der Waals surface area (Å²) in [5.41, 5.74) is 4.24. The van der Waals surface area contributed by atoms with Gasteiger partial charge in [0.05, 0.1) is 23.6 Å². The van der Waals surface area contributed by atoms with Crippen LogP contribution in [-0.2, 0) is 22.4 Å². The third kappa shape index (κ3) is 4.99. The third-order valence-electron chi connectivity index (χ3n) is 6.17. The molecule has 0 aliphatic carbocycles. The van der Waals surface area contributed by atoms with Crippen LogP contribution in [0.4, 0.5) is 0 Å². The van der Waals surface area contributed by atoms with Crippen molar-refractivity contribution in [1.29, 1.82) is 0 Å². The van der Waals surface area contributed by atoms with Crippen molar-refractivity contribution < 1.29 is 18.4 Å². The number of hydrogen-bond donors (Lipinski definition) is 2. The lowest BCUT2D eigenvalue weighted by atomic mass is 9.98. The van der Waals surface area contributed by atoms with Crippen molar-refractivity contribution in [1.82, 2.24) is 10.6 Å². The molecular weight excluding hydrogens is 444 g/mol. The predicted molar refractivity (Wildman–Crippen MR) is 136 cm³/mol. The highest BCUT2D eigenvalue weighted by Crippen LogP contribution is 2.34. The Labute approximate surface area is 203 Å². The van der Waals surface area contributed by atoms with Crippen LogP contribution in [0.3, 0.4) is 0 Å². The molecule has 0 radical (unpaired) electrons. The standard InChI is InChI=1S/C28H30N2O5/c1-15(2)29-27(32)21(12-19-9-7-6-8-10-19)30-23(31)13-20-18(5)25-22(35-28(20)33)11-16(3)24-17(4)14-34-26(24)25/h6-11,14-15,21H,12-13H2,1-5H3,(H,29,32)(H,30,31)/t21-/m1/s1. The Morgan fingerprint density at radius 3 is 2.37 bits per heavy atom. The highest BCUT2D eigenvalue weighted by atomic mass is 16.4. The van der Waals surface area contributed by atoms with E-state index in [0.29, 0.717) is 28.5 Å². The maximum absolute atomic E-state index is 13.1. The molecule has 2 amide bonds. The highest BCUT2D eigenvalue weighted by molar-refractivity contribution is 6.07. The Kier molecular flexibility index (Phi) is 6.78. The summed E-state index contributed by atoms with van der Waals surface area (Å²) in [4.78, 5) is 38.7. The number of amides is 2. The van der Waals surface area contributed by atoms with Crippen LogP contribution in [-0.4, -0.2) is 23.9 Å². The topological polar surface area (TPSA) is 102 Å². The Balaban J connectivity index is 1.66. The molecule has 7 nitrogen and oxygen atoms in total. The van der Waals surface area contributed by atoms with E-state index in [4.69, 9.17) is 8.83 Å². The normalized spacial score (nSPS) is 12.3. The molecule has 1 atom stereocenters. The quantitative estimate of drug-likeness (QED) is 0.390. The van der Waals surface area contributed by atoms with E-state index in [2.05, 4.69) is 10.6 Å². The molecular formula is C28H30N2O5. The predicted octanol–water partition coefficient (Wildman–Crippen LogP) is 4.26. The van der Waals surface area contributed by atoms with E-state index < -0.39 is 17.6 Å². The summed E-state index contributed by atoms with van der Waals surface area (Å²) in [6, 6.07) is 10.5. The third-order valence-corrected chi connectivity index (χ3v) is 6.17. The smallest absolute Gasteiger partial charge is 0.340 e. The number of benzene rings is 2. The summed E-state index contributed by atoms with van der Waals surface area (Å²) >= 11 is 0. The zero-order chi connectivity index (χ0) is 25.3. The van der Waals surface area contributed by atoms with Gasteiger partial charge in [-0.1, -0.05) is 30.3 Å². The summed E-state index contributed by atoms with van der Waals surface area (Å²) < 4.78 is 11.4. The van der Waals surface area contributed by atoms with Crippen molar-refractivity contribution in [2.45, 2.75) is 59.5 Å². The fourth-order valence-electron chi connectivity index (χ4n) is 4.53. The molecule has 0 saturated heterocycles. The lowest BCUT2D eigenvalue weighted by Crippen LogP contribution is -2.50. The zero-order valence-electron chi connectivity index (χ0n) is 20.7. The van der Waals surface area contributed by atoms with E-state index in [1.165, 1.54) is 0 Å². The molecule has 2 heterocycles. The molecule has 0 aliphatic heterocycles. The maximum Gasteiger partial charge on any atom is 0.340 e. The minimum Gasteiger partial charge on any atom is -0.463 e. The second kappa shape index (κ2) is 9.78. The molecule has 0 unspecified atom stereocenters. The first-order valence-corrected chi connectivity index (χ1v) is 11.7. The molecule has 0 aliphatic rings. The molecule has 7 heteroatoms. The van der Waals surface area contributed by atoms with E-state index in [1.54, 1.807) is 13.2 Å². The highest BCUT2D eigenvalue weighted by Gasteiger charge is 2.24. The number of rotatable bonds is 7. The Morgan fingerprint density at radius 1 is 0.971 bits per heavy atom. The molecule has 4 aromatic rings. The largest absolute Gasteiger partial charge is 0.463 e. The van der Waals surface area contributed by atoms with Crippen LogP contribution in [0.2, 0.25) is 0 Å². The lowest BCUT2D eigenvalue weighted by Gasteiger charge is -2.20. The summed E-state index contributed by atoms with van der Waals surface area (Å²) in [7, 11) is 0. The van der Waals surface area contributed by atoms with Gasteiger partial charge in [-0.3, -0.25) is 9.59 Å². The first-order chi connectivity index (χ1) is 16.7. The summed E-state index contributed by atoms with van der Waals surface area (Å²) in [6.07, 6.45) is 1.80. The Hall–Kier alpha value is -3.87. The second-order valence-corrected chi connectivity index (χ2v) is 9.33. The fourth-order valence-corrected chi connectivity index (χ4v) is 4.53. The molecule has 0 saturated carbocycles. The maximum atomic E-state index is 13.1. The van der Waals surface area contributed by atoms with Crippen LogP contribution in [0.15, 0.2) is 56.3 Å². The molecule has 2 aromatic carbocycles. The van der Waals surface area contributed by atoms with Crippen molar-refractivity contribution in [3.63, 3.8) is 0 Å². The molecule has 2 N–H and O–H groups in total. The van der Waals surface area contributed by atoms with Crippen LogP contribution >= 0.6 is 0 Å². The minimum absolute atomic E-state index is 0.0740. The molecule has 35 heavy (non-hydrogen) atoms. The van der Waals surface area contributed by atoms with Gasteiger partial charge in [0.2, 0.25) is 11.8 Å². The monoisotopic (exact) mass is 474 g/mol. The van der Waals surface area contributed by atoms with Gasteiger partial charge in [-0.05, 0) is 62.9 Å². The fraction of sp³-hybridized carbons (Fsp3) is 0.321. The van der Waals surface area contributed by atoms with Gasteiger partial charge in [0, 0.05) is 17.8 Å². The van der Waals surface area contributed by atoms with Gasteiger partial charge in [-0.2, -0.15) is 0 Å². The number of nitrogens with one attached hydrogen (secondary N) is 2. The van der Waals surface area contributed by atoms with Gasteiger partial charge in [0.1, 0.15) is 17.2 Å². The molecule has 182 valence electrons. The van der Waals surface area contributed by atoms with Gasteiger partial charge < -0.3 is 19.5 Å². The Bertz CT molecular complexity index is 1460. The molecule has 0 fully saturated rings. The van der Waals surface area contributed by atoms with Gasteiger partial charge >= 0.3 is 5.63 Å². The molecule has 0 spiro atoms. The SMILES string of the molecule is Cc1coc2c1c(C)cc1oc(=O)c(CC(=O)N[C@H](Cc3ccccc3)C(=O)NC(C)C)c(C)c12. The number of hydrogen-bond acceptors (Lipinski definition) is 5. The number of fused-ring (bicyclic) bond motifs is 3. The van der Waals surface area contributed by atoms with E-state index in [-0.39, 0.29) is 23.9 Å². The summed E-state index contributed by atoms with van der Waals surface area (Å²) in [6.45, 7) is 9.42. The van der Waals surface area contributed by atoms with E-state index in [9.17, 15) is 14.4 Å². The number of carbonyl (C=O) groups excluding carboxylic acids is 2. The van der Waals surface area contributed by atoms with E-state index in [0.717, 1.165) is 22.1 Å². The van der Waals surface area contributed by atoms with Gasteiger partial charge in [0.25, 0.3) is 0 Å². The van der Waals surface area contributed by atoms with E-state index in [1.807, 2.05) is 64.1 Å². The number of furan rings is 1. The number of carbonyl (C=O) groups is 2. The lowest BCUT2D eigenvalue weighted by molar-refractivity contribution is -0.129. The first kappa shape index (κ1) is 24.3. The van der Waals surface area contributed by atoms with Crippen molar-refractivity contribution in [2.75, 3.05) is 0 Å². The molecule has 4 rings (SSSR count). The summed E-state index contributed by atoms with van der Waals surface area (Å²) in [5.74, 6) is -0.707. The van der Waals surface area contributed by atoms with Crippen molar-refractivity contribution in [3.8, 4) is 0 Å². The van der Waals surface area contributed by atoms with Crippen molar-refractivity contribution in [3.05, 3.63) is 80.9 Å². The zero-order valence-corrected chi connectivity index (χ0v) is 20.7. The number of aryl methyl sites for hydroxylation is 3. The van der Waals surface area contributed by atoms with Gasteiger partial charge in [0.15, 0.2) is 0 Å². The second-order valence-electron chi connectivity index (χ2n) is 9.33. The van der Waals surface area contributed by atoms with Crippen LogP contribution in [0, 0.1) is 20.8 Å².